The zero-order valence-corrected chi connectivity index (χ0v) is 10.3. The number of hydrogen-bond acceptors (Lipinski definition) is 4. The van der Waals surface area contributed by atoms with E-state index in [4.69, 9.17) is 5.73 Å². The van der Waals surface area contributed by atoms with Crippen LogP contribution in [-0.2, 0) is 6.42 Å². The van der Waals surface area contributed by atoms with Crippen LogP contribution in [-0.4, -0.2) is 9.97 Å². The second kappa shape index (κ2) is 4.72. The lowest BCUT2D eigenvalue weighted by atomic mass is 10.2. The van der Waals surface area contributed by atoms with Gasteiger partial charge in [0.2, 0.25) is 0 Å². The lowest BCUT2D eigenvalue weighted by Crippen LogP contribution is -2.05. The summed E-state index contributed by atoms with van der Waals surface area (Å²) in [5.74, 6) is 0. The van der Waals surface area contributed by atoms with Gasteiger partial charge in [0.25, 0.3) is 0 Å². The molecule has 0 bridgehead atoms. The molecule has 3 nitrogen and oxygen atoms in total. The van der Waals surface area contributed by atoms with Crippen LogP contribution in [0, 0.1) is 0 Å². The van der Waals surface area contributed by atoms with E-state index in [1.54, 1.807) is 23.7 Å². The monoisotopic (exact) mass is 233 g/mol. The van der Waals surface area contributed by atoms with Gasteiger partial charge in [-0.25, -0.2) is 4.98 Å². The fraction of sp³-hybridized carbons (Fsp3) is 0.333. The largest absolute Gasteiger partial charge is 0.323 e. The number of aryl methyl sites for hydroxylation is 1. The number of thiazole rings is 1. The number of hydrogen-bond donors (Lipinski definition) is 1. The maximum absolute atomic E-state index is 5.94. The van der Waals surface area contributed by atoms with Crippen LogP contribution >= 0.6 is 11.3 Å². The molecule has 0 fully saturated rings. The van der Waals surface area contributed by atoms with E-state index in [1.807, 2.05) is 19.1 Å². The third kappa shape index (κ3) is 2.13. The van der Waals surface area contributed by atoms with Crippen molar-refractivity contribution in [2.24, 2.45) is 5.73 Å². The summed E-state index contributed by atoms with van der Waals surface area (Å²) in [6.45, 7) is 4.11. The molecule has 1 atom stereocenters. The Morgan fingerprint density at radius 1 is 1.38 bits per heavy atom. The summed E-state index contributed by atoms with van der Waals surface area (Å²) in [6, 6.07) is 4.01. The Morgan fingerprint density at radius 2 is 2.06 bits per heavy atom. The average Bonchev–Trinajstić information content (AvgIpc) is 2.74. The third-order valence-electron chi connectivity index (χ3n) is 2.40. The molecule has 0 spiro atoms. The maximum atomic E-state index is 5.94. The first-order valence-electron chi connectivity index (χ1n) is 5.38. The van der Waals surface area contributed by atoms with Gasteiger partial charge in [-0.1, -0.05) is 6.92 Å². The van der Waals surface area contributed by atoms with Crippen molar-refractivity contribution in [1.29, 1.82) is 0 Å². The molecule has 2 rings (SSSR count). The second-order valence-corrected chi connectivity index (χ2v) is 4.74. The lowest BCUT2D eigenvalue weighted by Gasteiger charge is -2.01. The summed E-state index contributed by atoms with van der Waals surface area (Å²) in [7, 11) is 0. The molecular weight excluding hydrogens is 218 g/mol. The molecule has 4 heteroatoms. The van der Waals surface area contributed by atoms with Gasteiger partial charge in [-0.05, 0) is 25.5 Å². The van der Waals surface area contributed by atoms with Crippen LogP contribution in [0.25, 0.3) is 10.6 Å². The first kappa shape index (κ1) is 11.2. The molecule has 0 aromatic carbocycles. The highest BCUT2D eigenvalue weighted by atomic mass is 32.1. The number of aromatic nitrogens is 2. The molecule has 0 saturated heterocycles. The fourth-order valence-corrected chi connectivity index (χ4v) is 2.70. The molecule has 0 amide bonds. The molecule has 0 radical (unpaired) electrons. The van der Waals surface area contributed by atoms with Gasteiger partial charge in [0.15, 0.2) is 0 Å². The van der Waals surface area contributed by atoms with E-state index in [1.165, 1.54) is 4.88 Å². The van der Waals surface area contributed by atoms with E-state index in [9.17, 15) is 0 Å². The highest BCUT2D eigenvalue weighted by Crippen LogP contribution is 2.31. The molecule has 0 saturated carbocycles. The van der Waals surface area contributed by atoms with Gasteiger partial charge >= 0.3 is 0 Å². The predicted molar refractivity (Wildman–Crippen MR) is 67.3 cm³/mol. The minimum atomic E-state index is 0.0584. The van der Waals surface area contributed by atoms with Crippen molar-refractivity contribution < 1.29 is 0 Å². The van der Waals surface area contributed by atoms with Crippen LogP contribution in [0.5, 0.6) is 0 Å². The fourth-order valence-electron chi connectivity index (χ4n) is 1.59. The summed E-state index contributed by atoms with van der Waals surface area (Å²) in [4.78, 5) is 9.83. The predicted octanol–water partition coefficient (Wildman–Crippen LogP) is 2.79. The summed E-state index contributed by atoms with van der Waals surface area (Å²) >= 11 is 1.68. The maximum Gasteiger partial charge on any atom is 0.124 e. The molecule has 2 heterocycles. The summed E-state index contributed by atoms with van der Waals surface area (Å²) in [6.07, 6.45) is 4.50. The van der Waals surface area contributed by atoms with Crippen LogP contribution in [0.1, 0.15) is 30.5 Å². The number of nitrogens with two attached hydrogens (primary N) is 1. The van der Waals surface area contributed by atoms with Crippen molar-refractivity contribution in [2.75, 3.05) is 0 Å². The van der Waals surface area contributed by atoms with Crippen molar-refractivity contribution in [3.8, 4) is 10.6 Å². The highest BCUT2D eigenvalue weighted by Gasteiger charge is 2.13. The Kier molecular flexibility index (Phi) is 3.31. The first-order chi connectivity index (χ1) is 7.72. The molecule has 0 aliphatic carbocycles. The van der Waals surface area contributed by atoms with Crippen LogP contribution in [0.15, 0.2) is 24.5 Å². The van der Waals surface area contributed by atoms with E-state index in [0.29, 0.717) is 0 Å². The molecule has 16 heavy (non-hydrogen) atoms. The Hall–Kier alpha value is -1.26. The molecule has 2 N–H and O–H groups in total. The smallest absolute Gasteiger partial charge is 0.124 e. The third-order valence-corrected chi connectivity index (χ3v) is 3.75. The molecule has 0 aliphatic rings. The SMILES string of the molecule is CCc1nc(-c2ccncc2)sc1C(C)N. The van der Waals surface area contributed by atoms with E-state index in [-0.39, 0.29) is 6.04 Å². The van der Waals surface area contributed by atoms with Crippen molar-refractivity contribution in [3.63, 3.8) is 0 Å². The van der Waals surface area contributed by atoms with Gasteiger partial charge in [-0.15, -0.1) is 11.3 Å². The Bertz CT molecular complexity index is 462. The lowest BCUT2D eigenvalue weighted by molar-refractivity contribution is 0.814. The summed E-state index contributed by atoms with van der Waals surface area (Å²) in [5, 5.41) is 1.03. The number of pyridine rings is 1. The quantitative estimate of drug-likeness (QED) is 0.887. The highest BCUT2D eigenvalue weighted by molar-refractivity contribution is 7.15. The van der Waals surface area contributed by atoms with E-state index in [2.05, 4.69) is 16.9 Å². The van der Waals surface area contributed by atoms with Crippen LogP contribution in [0.3, 0.4) is 0 Å². The van der Waals surface area contributed by atoms with Crippen molar-refractivity contribution in [3.05, 3.63) is 35.1 Å². The number of rotatable bonds is 3. The Labute approximate surface area is 99.4 Å². The van der Waals surface area contributed by atoms with Gasteiger partial charge < -0.3 is 5.73 Å². The van der Waals surface area contributed by atoms with Crippen LogP contribution in [0.2, 0.25) is 0 Å². The van der Waals surface area contributed by atoms with Crippen molar-refractivity contribution in [2.45, 2.75) is 26.3 Å². The molecule has 2 aromatic heterocycles. The average molecular weight is 233 g/mol. The summed E-state index contributed by atoms with van der Waals surface area (Å²) in [5.41, 5.74) is 8.17. The topological polar surface area (TPSA) is 51.8 Å². The van der Waals surface area contributed by atoms with Gasteiger partial charge in [0.05, 0.1) is 5.69 Å². The van der Waals surface area contributed by atoms with Gasteiger partial charge in [-0.3, -0.25) is 4.98 Å². The second-order valence-electron chi connectivity index (χ2n) is 3.71. The van der Waals surface area contributed by atoms with Crippen LogP contribution < -0.4 is 5.73 Å². The molecular formula is C12H15N3S. The molecule has 1 unspecified atom stereocenters. The van der Waals surface area contributed by atoms with Crippen molar-refractivity contribution >= 4 is 11.3 Å². The zero-order chi connectivity index (χ0) is 11.5. The van der Waals surface area contributed by atoms with Gasteiger partial charge in [0, 0.05) is 28.9 Å². The molecule has 2 aromatic rings. The van der Waals surface area contributed by atoms with Crippen molar-refractivity contribution in [1.82, 2.24) is 9.97 Å². The van der Waals surface area contributed by atoms with E-state index < -0.39 is 0 Å². The number of nitrogens with zero attached hydrogens (tertiary/aromatic N) is 2. The minimum absolute atomic E-state index is 0.0584. The first-order valence-corrected chi connectivity index (χ1v) is 6.19. The van der Waals surface area contributed by atoms with E-state index in [0.717, 1.165) is 22.7 Å². The molecule has 84 valence electrons. The standard InChI is InChI=1S/C12H15N3S/c1-3-10-11(8(2)13)16-12(15-10)9-4-6-14-7-5-9/h4-8H,3,13H2,1-2H3. The van der Waals surface area contributed by atoms with E-state index >= 15 is 0 Å². The minimum Gasteiger partial charge on any atom is -0.323 e. The Balaban J connectivity index is 2.44. The van der Waals surface area contributed by atoms with Crippen LogP contribution in [0.4, 0.5) is 0 Å². The molecule has 0 aliphatic heterocycles. The zero-order valence-electron chi connectivity index (χ0n) is 9.47. The Morgan fingerprint density at radius 3 is 2.56 bits per heavy atom. The normalized spacial score (nSPS) is 12.7. The summed E-state index contributed by atoms with van der Waals surface area (Å²) < 4.78 is 0. The van der Waals surface area contributed by atoms with Gasteiger partial charge in [0.1, 0.15) is 5.01 Å². The van der Waals surface area contributed by atoms with Gasteiger partial charge in [-0.2, -0.15) is 0 Å².